The Balaban J connectivity index is 1.50. The van der Waals surface area contributed by atoms with Gasteiger partial charge in [-0.2, -0.15) is 0 Å². The second-order valence-electron chi connectivity index (χ2n) is 7.64. The van der Waals surface area contributed by atoms with Crippen molar-refractivity contribution in [1.29, 1.82) is 0 Å². The maximum atomic E-state index is 13.1. The smallest absolute Gasteiger partial charge is 0.335 e. The lowest BCUT2D eigenvalue weighted by atomic mass is 10.1. The van der Waals surface area contributed by atoms with Crippen LogP contribution >= 0.6 is 15.9 Å². The van der Waals surface area contributed by atoms with Crippen LogP contribution in [0.4, 0.5) is 16.2 Å². The minimum Gasteiger partial charge on any atom is -0.483 e. The van der Waals surface area contributed by atoms with Crippen molar-refractivity contribution in [2.45, 2.75) is 6.92 Å². The molecular formula is C26H20BrN3O5. The zero-order valence-electron chi connectivity index (χ0n) is 18.6. The summed E-state index contributed by atoms with van der Waals surface area (Å²) in [7, 11) is 0. The van der Waals surface area contributed by atoms with E-state index in [4.69, 9.17) is 4.74 Å². The number of imide groups is 2. The highest BCUT2D eigenvalue weighted by Gasteiger charge is 2.37. The summed E-state index contributed by atoms with van der Waals surface area (Å²) < 4.78 is 6.10. The first-order chi connectivity index (χ1) is 16.8. The molecule has 35 heavy (non-hydrogen) atoms. The van der Waals surface area contributed by atoms with Crippen molar-refractivity contribution in [3.05, 3.63) is 94.0 Å². The van der Waals surface area contributed by atoms with Crippen LogP contribution < -0.4 is 20.3 Å². The number of hydrogen-bond donors (Lipinski definition) is 2. The maximum Gasteiger partial charge on any atom is 0.335 e. The van der Waals surface area contributed by atoms with Crippen LogP contribution in [0.15, 0.2) is 82.8 Å². The van der Waals surface area contributed by atoms with E-state index in [0.29, 0.717) is 32.7 Å². The van der Waals surface area contributed by atoms with E-state index in [1.165, 1.54) is 6.08 Å². The molecule has 1 aliphatic heterocycles. The van der Waals surface area contributed by atoms with Gasteiger partial charge in [-0.1, -0.05) is 42.5 Å². The number of nitrogens with one attached hydrogen (secondary N) is 2. The Morgan fingerprint density at radius 2 is 1.74 bits per heavy atom. The van der Waals surface area contributed by atoms with Gasteiger partial charge in [0.2, 0.25) is 0 Å². The Bertz CT molecular complexity index is 1350. The summed E-state index contributed by atoms with van der Waals surface area (Å²) in [4.78, 5) is 51.0. The van der Waals surface area contributed by atoms with Gasteiger partial charge in [-0.25, -0.2) is 9.69 Å². The van der Waals surface area contributed by atoms with Crippen LogP contribution in [0.2, 0.25) is 0 Å². The lowest BCUT2D eigenvalue weighted by Gasteiger charge is -2.27. The molecule has 9 heteroatoms. The largest absolute Gasteiger partial charge is 0.483 e. The van der Waals surface area contributed by atoms with Crippen LogP contribution in [0.1, 0.15) is 11.1 Å². The molecule has 0 aliphatic carbocycles. The molecule has 1 heterocycles. The summed E-state index contributed by atoms with van der Waals surface area (Å²) >= 11 is 3.39. The molecule has 3 aromatic carbocycles. The summed E-state index contributed by atoms with van der Waals surface area (Å²) in [6.45, 7) is 1.56. The first-order valence-electron chi connectivity index (χ1n) is 10.6. The SMILES string of the molecule is Cc1ccccc1N1C(=O)NC(=O)/C(=C\c2ccc(OCC(=O)Nc3ccccc3)c(Br)c2)C1=O. The third-order valence-electron chi connectivity index (χ3n) is 5.14. The topological polar surface area (TPSA) is 105 Å². The molecule has 1 saturated heterocycles. The number of carbonyl (C=O) groups excluding carboxylic acids is 4. The number of aryl methyl sites for hydroxylation is 1. The number of amides is 5. The van der Waals surface area contributed by atoms with Gasteiger partial charge in [-0.15, -0.1) is 0 Å². The fourth-order valence-electron chi connectivity index (χ4n) is 3.44. The Morgan fingerprint density at radius 1 is 1.03 bits per heavy atom. The average Bonchev–Trinajstić information content (AvgIpc) is 2.83. The first-order valence-corrected chi connectivity index (χ1v) is 11.4. The number of urea groups is 1. The molecule has 2 N–H and O–H groups in total. The molecule has 0 aromatic heterocycles. The number of halogens is 1. The van der Waals surface area contributed by atoms with Crippen molar-refractivity contribution in [3.63, 3.8) is 0 Å². The molecule has 0 spiro atoms. The van der Waals surface area contributed by atoms with Crippen molar-refractivity contribution in [2.75, 3.05) is 16.8 Å². The predicted molar refractivity (Wildman–Crippen MR) is 135 cm³/mol. The summed E-state index contributed by atoms with van der Waals surface area (Å²) in [6, 6.07) is 20.0. The molecule has 0 atom stereocenters. The number of anilines is 2. The highest BCUT2D eigenvalue weighted by molar-refractivity contribution is 9.10. The normalized spacial score (nSPS) is 14.6. The monoisotopic (exact) mass is 533 g/mol. The minimum absolute atomic E-state index is 0.185. The Hall–Kier alpha value is -4.24. The van der Waals surface area contributed by atoms with E-state index >= 15 is 0 Å². The third-order valence-corrected chi connectivity index (χ3v) is 5.76. The number of nitrogens with zero attached hydrogens (tertiary/aromatic N) is 1. The Morgan fingerprint density at radius 3 is 2.46 bits per heavy atom. The van der Waals surface area contributed by atoms with Gasteiger partial charge in [-0.05, 0) is 70.4 Å². The van der Waals surface area contributed by atoms with Crippen LogP contribution in [-0.2, 0) is 14.4 Å². The summed E-state index contributed by atoms with van der Waals surface area (Å²) in [5, 5.41) is 4.94. The van der Waals surface area contributed by atoms with Crippen molar-refractivity contribution >= 4 is 57.1 Å². The molecule has 0 saturated carbocycles. The fourth-order valence-corrected chi connectivity index (χ4v) is 3.95. The fraction of sp³-hybridized carbons (Fsp3) is 0.0769. The van der Waals surface area contributed by atoms with Crippen LogP contribution in [0.3, 0.4) is 0 Å². The summed E-state index contributed by atoms with van der Waals surface area (Å²) in [5.41, 5.74) is 2.11. The average molecular weight is 534 g/mol. The van der Waals surface area contributed by atoms with E-state index < -0.39 is 17.8 Å². The van der Waals surface area contributed by atoms with Gasteiger partial charge in [0.15, 0.2) is 6.61 Å². The number of rotatable bonds is 6. The van der Waals surface area contributed by atoms with E-state index in [2.05, 4.69) is 26.6 Å². The van der Waals surface area contributed by atoms with Crippen LogP contribution in [-0.4, -0.2) is 30.4 Å². The molecule has 0 bridgehead atoms. The zero-order chi connectivity index (χ0) is 24.9. The van der Waals surface area contributed by atoms with Gasteiger partial charge < -0.3 is 10.1 Å². The van der Waals surface area contributed by atoms with E-state index in [0.717, 1.165) is 4.90 Å². The molecule has 1 fully saturated rings. The molecule has 5 amide bonds. The second-order valence-corrected chi connectivity index (χ2v) is 8.49. The number of hydrogen-bond acceptors (Lipinski definition) is 5. The van der Waals surface area contributed by atoms with Gasteiger partial charge in [0.05, 0.1) is 10.2 Å². The highest BCUT2D eigenvalue weighted by atomic mass is 79.9. The predicted octanol–water partition coefficient (Wildman–Crippen LogP) is 4.44. The number of para-hydroxylation sites is 2. The first kappa shape index (κ1) is 23.9. The summed E-state index contributed by atoms with van der Waals surface area (Å²) in [5.74, 6) is -1.41. The van der Waals surface area contributed by atoms with E-state index in [1.54, 1.807) is 61.5 Å². The third kappa shape index (κ3) is 5.47. The van der Waals surface area contributed by atoms with Crippen LogP contribution in [0.5, 0.6) is 5.75 Å². The highest BCUT2D eigenvalue weighted by Crippen LogP contribution is 2.29. The summed E-state index contributed by atoms with van der Waals surface area (Å²) in [6.07, 6.45) is 1.39. The van der Waals surface area contributed by atoms with Crippen molar-refractivity contribution in [1.82, 2.24) is 5.32 Å². The number of carbonyl (C=O) groups is 4. The Kier molecular flexibility index (Phi) is 7.07. The van der Waals surface area contributed by atoms with Crippen molar-refractivity contribution < 1.29 is 23.9 Å². The zero-order valence-corrected chi connectivity index (χ0v) is 20.2. The maximum absolute atomic E-state index is 13.1. The number of barbiturate groups is 1. The molecule has 4 rings (SSSR count). The van der Waals surface area contributed by atoms with Gasteiger partial charge in [0.1, 0.15) is 11.3 Å². The van der Waals surface area contributed by atoms with Gasteiger partial charge in [0, 0.05) is 5.69 Å². The molecular weight excluding hydrogens is 514 g/mol. The number of ether oxygens (including phenoxy) is 1. The lowest BCUT2D eigenvalue weighted by Crippen LogP contribution is -2.54. The van der Waals surface area contributed by atoms with E-state index in [-0.39, 0.29) is 18.1 Å². The quantitative estimate of drug-likeness (QED) is 0.360. The van der Waals surface area contributed by atoms with Crippen molar-refractivity contribution in [3.8, 4) is 5.75 Å². The number of benzene rings is 3. The van der Waals surface area contributed by atoms with Crippen LogP contribution in [0.25, 0.3) is 6.08 Å². The second kappa shape index (κ2) is 10.4. The van der Waals surface area contributed by atoms with Gasteiger partial charge in [-0.3, -0.25) is 19.7 Å². The van der Waals surface area contributed by atoms with Crippen molar-refractivity contribution in [2.24, 2.45) is 0 Å². The Labute approximate surface area is 209 Å². The molecule has 1 aliphatic rings. The molecule has 176 valence electrons. The minimum atomic E-state index is -0.801. The molecule has 0 radical (unpaired) electrons. The van der Waals surface area contributed by atoms with Gasteiger partial charge in [0.25, 0.3) is 17.7 Å². The molecule has 8 nitrogen and oxygen atoms in total. The van der Waals surface area contributed by atoms with Crippen LogP contribution in [0, 0.1) is 6.92 Å². The standard InChI is InChI=1S/C26H20BrN3O5/c1-16-7-5-6-10-21(16)30-25(33)19(24(32)29-26(30)34)13-17-11-12-22(20(27)14-17)35-15-23(31)28-18-8-3-2-4-9-18/h2-14H,15H2,1H3,(H,28,31)(H,29,32,34)/b19-13+. The van der Waals surface area contributed by atoms with E-state index in [1.807, 2.05) is 18.2 Å². The molecule has 0 unspecified atom stereocenters. The van der Waals surface area contributed by atoms with E-state index in [9.17, 15) is 19.2 Å². The lowest BCUT2D eigenvalue weighted by molar-refractivity contribution is -0.122. The van der Waals surface area contributed by atoms with Gasteiger partial charge >= 0.3 is 6.03 Å². The molecule has 3 aromatic rings.